The van der Waals surface area contributed by atoms with Crippen molar-refractivity contribution in [3.05, 3.63) is 24.2 Å². The molecule has 2 fully saturated rings. The molecule has 3 amide bonds. The number of carbonyl (C=O) groups is 4. The van der Waals surface area contributed by atoms with E-state index in [4.69, 9.17) is 10.2 Å². The number of nitrogens with one attached hydrogen (secondary N) is 1. The van der Waals surface area contributed by atoms with Gasteiger partial charge in [-0.05, 0) is 12.1 Å². The third kappa shape index (κ3) is 4.03. The molecule has 15 heteroatoms. The van der Waals surface area contributed by atoms with E-state index in [0.29, 0.717) is 4.90 Å². The summed E-state index contributed by atoms with van der Waals surface area (Å²) < 4.78 is 35.1. The van der Waals surface area contributed by atoms with Crippen LogP contribution in [-0.4, -0.2) is 84.9 Å². The minimum absolute atomic E-state index is 0.00144. The number of sulfone groups is 1. The summed E-state index contributed by atoms with van der Waals surface area (Å²) in [6.07, 6.45) is 0.0492. The van der Waals surface area contributed by atoms with Gasteiger partial charge in [0.15, 0.2) is 21.0 Å². The molecule has 31 heavy (non-hydrogen) atoms. The summed E-state index contributed by atoms with van der Waals surface area (Å²) in [6.45, 7) is -0.609. The monoisotopic (exact) mass is 458 g/mol. The van der Waals surface area contributed by atoms with Gasteiger partial charge < -0.3 is 35.0 Å². The Bertz CT molecular complexity index is 1030. The Kier molecular flexibility index (Phi) is 5.88. The lowest BCUT2D eigenvalue weighted by molar-refractivity contribution is -0.166. The summed E-state index contributed by atoms with van der Waals surface area (Å²) in [6, 6.07) is -0.269. The number of carboxylic acids is 1. The van der Waals surface area contributed by atoms with Crippen molar-refractivity contribution in [2.45, 2.75) is 17.5 Å². The van der Waals surface area contributed by atoms with Crippen molar-refractivity contribution in [3.8, 4) is 0 Å². The number of hydrogen-bond acceptors (Lipinski definition) is 10. The highest BCUT2D eigenvalue weighted by Crippen LogP contribution is 2.37. The number of aliphatic carboxylic acids is 1. The minimum atomic E-state index is -4.11. The largest absolute Gasteiger partial charge is 0.480 e. The van der Waals surface area contributed by atoms with Gasteiger partial charge in [-0.2, -0.15) is 0 Å². The molecule has 0 aromatic carbocycles. The molecule has 168 valence electrons. The van der Waals surface area contributed by atoms with Crippen LogP contribution in [0.4, 0.5) is 4.79 Å². The summed E-state index contributed by atoms with van der Waals surface area (Å²) in [7, 11) is -2.94. The molecule has 4 atom stereocenters. The first kappa shape index (κ1) is 22.1. The maximum atomic E-state index is 12.7. The van der Waals surface area contributed by atoms with E-state index in [-0.39, 0.29) is 11.5 Å². The standard InChI is InChI=1S/C16H18N4O10S/c1-28-19-9(8-3-2-4-29-8)12(21)18-10-13(22)20-11(15(23)24)7(5-30-16(17)25)6-31(26,27)14(10)20/h2-4,7,10-11,14H,5-6H2,1H3,(H2,17,25)(H,18,21)(H,23,24)/b19-9-/t7?,10-,11?,14-/m1/s1. The number of fused-ring (bicyclic) bond motifs is 1. The Morgan fingerprint density at radius 2 is 2.13 bits per heavy atom. The lowest BCUT2D eigenvalue weighted by atomic mass is 9.94. The van der Waals surface area contributed by atoms with Gasteiger partial charge in [0.2, 0.25) is 11.6 Å². The van der Waals surface area contributed by atoms with Crippen LogP contribution in [0.25, 0.3) is 0 Å². The number of oxime groups is 1. The van der Waals surface area contributed by atoms with Crippen LogP contribution in [0.1, 0.15) is 5.76 Å². The average Bonchev–Trinajstić information content (AvgIpc) is 3.21. The molecule has 0 radical (unpaired) electrons. The van der Waals surface area contributed by atoms with Crippen LogP contribution >= 0.6 is 0 Å². The molecular weight excluding hydrogens is 440 g/mol. The highest BCUT2D eigenvalue weighted by Gasteiger charge is 2.64. The van der Waals surface area contributed by atoms with Crippen LogP contribution in [-0.2, 0) is 33.8 Å². The minimum Gasteiger partial charge on any atom is -0.480 e. The number of nitrogens with zero attached hydrogens (tertiary/aromatic N) is 2. The summed E-state index contributed by atoms with van der Waals surface area (Å²) in [5.74, 6) is -5.32. The van der Waals surface area contributed by atoms with Crippen molar-refractivity contribution >= 4 is 39.4 Å². The molecule has 4 N–H and O–H groups in total. The highest BCUT2D eigenvalue weighted by atomic mass is 32.2. The quantitative estimate of drug-likeness (QED) is 0.230. The number of furan rings is 1. The lowest BCUT2D eigenvalue weighted by Crippen LogP contribution is -2.80. The molecule has 2 unspecified atom stereocenters. The average molecular weight is 458 g/mol. The van der Waals surface area contributed by atoms with Crippen molar-refractivity contribution in [2.24, 2.45) is 16.8 Å². The van der Waals surface area contributed by atoms with Gasteiger partial charge in [0.25, 0.3) is 5.91 Å². The number of hydrogen-bond donors (Lipinski definition) is 3. The van der Waals surface area contributed by atoms with Gasteiger partial charge in [0.1, 0.15) is 19.2 Å². The third-order valence-electron chi connectivity index (χ3n) is 4.77. The second-order valence-corrected chi connectivity index (χ2v) is 8.83. The van der Waals surface area contributed by atoms with Crippen molar-refractivity contribution in [3.63, 3.8) is 0 Å². The van der Waals surface area contributed by atoms with Crippen molar-refractivity contribution in [2.75, 3.05) is 19.5 Å². The number of β-lactam (4-membered cyclic amide) rings is 1. The lowest BCUT2D eigenvalue weighted by Gasteiger charge is -2.53. The fourth-order valence-electron chi connectivity index (χ4n) is 3.57. The first-order valence-corrected chi connectivity index (χ1v) is 10.4. The van der Waals surface area contributed by atoms with Crippen LogP contribution in [0.5, 0.6) is 0 Å². The van der Waals surface area contributed by atoms with E-state index >= 15 is 0 Å². The van der Waals surface area contributed by atoms with E-state index < -0.39 is 69.4 Å². The Balaban J connectivity index is 1.85. The third-order valence-corrected chi connectivity index (χ3v) is 6.90. The molecule has 1 aromatic heterocycles. The van der Waals surface area contributed by atoms with Gasteiger partial charge in [0.05, 0.1) is 18.6 Å². The van der Waals surface area contributed by atoms with Gasteiger partial charge >= 0.3 is 12.1 Å². The number of rotatable bonds is 7. The van der Waals surface area contributed by atoms with Gasteiger partial charge in [0, 0.05) is 5.92 Å². The Hall–Kier alpha value is -3.62. The molecule has 0 bridgehead atoms. The number of amides is 3. The second kappa shape index (κ2) is 8.25. The zero-order chi connectivity index (χ0) is 22.9. The first-order valence-electron chi connectivity index (χ1n) is 8.73. The topological polar surface area (TPSA) is 208 Å². The van der Waals surface area contributed by atoms with E-state index in [2.05, 4.69) is 20.0 Å². The fraction of sp³-hybridized carbons (Fsp3) is 0.438. The molecule has 1 aromatic rings. The highest BCUT2D eigenvalue weighted by molar-refractivity contribution is 7.92. The fourth-order valence-corrected chi connectivity index (χ4v) is 5.82. The molecule has 2 aliphatic heterocycles. The molecule has 3 rings (SSSR count). The Morgan fingerprint density at radius 1 is 1.42 bits per heavy atom. The zero-order valence-electron chi connectivity index (χ0n) is 16.0. The van der Waals surface area contributed by atoms with Crippen LogP contribution in [0.3, 0.4) is 0 Å². The van der Waals surface area contributed by atoms with E-state index in [1.165, 1.54) is 25.5 Å². The molecule has 0 spiro atoms. The summed E-state index contributed by atoms with van der Waals surface area (Å²) in [5.41, 5.74) is 4.50. The first-order chi connectivity index (χ1) is 14.6. The number of primary amides is 1. The van der Waals surface area contributed by atoms with Crippen LogP contribution in [0, 0.1) is 5.92 Å². The van der Waals surface area contributed by atoms with Gasteiger partial charge in [-0.3, -0.25) is 9.59 Å². The SMILES string of the molecule is CO/N=C(\C(=O)N[C@@H]1C(=O)N2C(C(=O)O)C(COC(N)=O)CS(=O)(=O)[C@H]12)c1ccco1. The van der Waals surface area contributed by atoms with Gasteiger partial charge in [-0.25, -0.2) is 18.0 Å². The smallest absolute Gasteiger partial charge is 0.404 e. The van der Waals surface area contributed by atoms with E-state index in [1.807, 2.05) is 0 Å². The van der Waals surface area contributed by atoms with Crippen molar-refractivity contribution in [1.29, 1.82) is 0 Å². The molecule has 2 saturated heterocycles. The predicted molar refractivity (Wildman–Crippen MR) is 99.1 cm³/mol. The van der Waals surface area contributed by atoms with Crippen molar-refractivity contribution < 1.29 is 46.7 Å². The molecule has 0 aliphatic carbocycles. The van der Waals surface area contributed by atoms with Crippen LogP contribution < -0.4 is 11.1 Å². The maximum Gasteiger partial charge on any atom is 0.404 e. The van der Waals surface area contributed by atoms with E-state index in [9.17, 15) is 32.7 Å². The van der Waals surface area contributed by atoms with E-state index in [1.54, 1.807) is 0 Å². The number of carboxylic acid groups (broad SMARTS) is 1. The Morgan fingerprint density at radius 3 is 2.68 bits per heavy atom. The molecule has 3 heterocycles. The van der Waals surface area contributed by atoms with E-state index in [0.717, 1.165) is 0 Å². The summed E-state index contributed by atoms with van der Waals surface area (Å²) >= 11 is 0. The molecule has 2 aliphatic rings. The number of carbonyl (C=O) groups excluding carboxylic acids is 3. The summed E-state index contributed by atoms with van der Waals surface area (Å²) in [4.78, 5) is 53.0. The van der Waals surface area contributed by atoms with Gasteiger partial charge in [-0.1, -0.05) is 5.16 Å². The summed E-state index contributed by atoms with van der Waals surface area (Å²) in [5, 5.41) is 13.7. The van der Waals surface area contributed by atoms with Crippen LogP contribution in [0.15, 0.2) is 28.0 Å². The zero-order valence-corrected chi connectivity index (χ0v) is 16.8. The second-order valence-electron chi connectivity index (χ2n) is 6.69. The predicted octanol–water partition coefficient (Wildman–Crippen LogP) is -2.12. The maximum absolute atomic E-state index is 12.7. The Labute approximate surface area is 174 Å². The van der Waals surface area contributed by atoms with Crippen molar-refractivity contribution in [1.82, 2.24) is 10.2 Å². The number of nitrogens with two attached hydrogens (primary N) is 1. The molecular formula is C16H18N4O10S. The van der Waals surface area contributed by atoms with Crippen LogP contribution in [0.2, 0.25) is 0 Å². The molecule has 14 nitrogen and oxygen atoms in total. The normalized spacial score (nSPS) is 26.9. The molecule has 0 saturated carbocycles. The number of ether oxygens (including phenoxy) is 1. The van der Waals surface area contributed by atoms with Gasteiger partial charge in [-0.15, -0.1) is 0 Å².